The Bertz CT molecular complexity index is 542. The Morgan fingerprint density at radius 3 is 2.91 bits per heavy atom. The molecule has 0 saturated carbocycles. The summed E-state index contributed by atoms with van der Waals surface area (Å²) in [7, 11) is 0. The molecule has 0 aliphatic carbocycles. The van der Waals surface area contributed by atoms with Crippen molar-refractivity contribution in [1.82, 2.24) is 4.90 Å². The van der Waals surface area contributed by atoms with Gasteiger partial charge in [-0.25, -0.2) is 4.39 Å². The zero-order valence-corrected chi connectivity index (χ0v) is 14.0. The molecule has 122 valence electrons. The standard InChI is InChI=1S/C16H23ClFN3O/c1-11-9-21(7-8-22-11)15(19)20-10-16(2,3)14-12(17)5-4-6-13(14)18/h4-6,11H,7-10H2,1-3H3,(H2,19,20). The first-order chi connectivity index (χ1) is 10.3. The minimum absolute atomic E-state index is 0.136. The average molecular weight is 328 g/mol. The summed E-state index contributed by atoms with van der Waals surface area (Å²) in [5.74, 6) is 0.155. The summed E-state index contributed by atoms with van der Waals surface area (Å²) in [6, 6.07) is 4.71. The zero-order valence-electron chi connectivity index (χ0n) is 13.3. The van der Waals surface area contributed by atoms with Crippen LogP contribution in [0.2, 0.25) is 5.02 Å². The van der Waals surface area contributed by atoms with E-state index in [0.717, 1.165) is 13.1 Å². The van der Waals surface area contributed by atoms with Crippen molar-refractivity contribution in [2.75, 3.05) is 26.2 Å². The van der Waals surface area contributed by atoms with Gasteiger partial charge in [-0.1, -0.05) is 31.5 Å². The van der Waals surface area contributed by atoms with E-state index in [-0.39, 0.29) is 11.9 Å². The number of hydrogen-bond donors (Lipinski definition) is 1. The molecule has 2 N–H and O–H groups in total. The fourth-order valence-electron chi connectivity index (χ4n) is 2.63. The van der Waals surface area contributed by atoms with Gasteiger partial charge in [0.05, 0.1) is 19.3 Å². The van der Waals surface area contributed by atoms with Gasteiger partial charge in [0, 0.05) is 29.1 Å². The van der Waals surface area contributed by atoms with Gasteiger partial charge in [-0.2, -0.15) is 0 Å². The van der Waals surface area contributed by atoms with Crippen LogP contribution in [-0.2, 0) is 10.2 Å². The van der Waals surface area contributed by atoms with Gasteiger partial charge in [0.15, 0.2) is 5.96 Å². The molecule has 0 aromatic heterocycles. The molecule has 4 nitrogen and oxygen atoms in total. The maximum absolute atomic E-state index is 14.1. The average Bonchev–Trinajstić information content (AvgIpc) is 2.44. The minimum Gasteiger partial charge on any atom is -0.375 e. The van der Waals surface area contributed by atoms with Crippen LogP contribution in [0.1, 0.15) is 26.3 Å². The SMILES string of the molecule is CC1CN(C(N)=NCC(C)(C)c2c(F)cccc2Cl)CCO1. The van der Waals surface area contributed by atoms with Crippen molar-refractivity contribution in [3.05, 3.63) is 34.6 Å². The van der Waals surface area contributed by atoms with E-state index < -0.39 is 5.41 Å². The Balaban J connectivity index is 2.13. The van der Waals surface area contributed by atoms with Gasteiger partial charge < -0.3 is 15.4 Å². The van der Waals surface area contributed by atoms with Gasteiger partial charge in [0.25, 0.3) is 0 Å². The highest BCUT2D eigenvalue weighted by Gasteiger charge is 2.27. The number of nitrogens with two attached hydrogens (primary N) is 1. The van der Waals surface area contributed by atoms with Crippen LogP contribution >= 0.6 is 11.6 Å². The first kappa shape index (κ1) is 17.0. The second-order valence-electron chi connectivity index (χ2n) is 6.28. The van der Waals surface area contributed by atoms with E-state index in [0.29, 0.717) is 29.7 Å². The second kappa shape index (κ2) is 6.84. The van der Waals surface area contributed by atoms with Crippen molar-refractivity contribution in [3.63, 3.8) is 0 Å². The largest absolute Gasteiger partial charge is 0.375 e. The first-order valence-electron chi connectivity index (χ1n) is 7.42. The Morgan fingerprint density at radius 2 is 2.27 bits per heavy atom. The molecule has 1 saturated heterocycles. The Kier molecular flexibility index (Phi) is 5.29. The summed E-state index contributed by atoms with van der Waals surface area (Å²) in [4.78, 5) is 6.45. The number of guanidine groups is 1. The van der Waals surface area contributed by atoms with Crippen molar-refractivity contribution in [2.45, 2.75) is 32.3 Å². The third kappa shape index (κ3) is 3.90. The molecule has 1 aliphatic heterocycles. The Morgan fingerprint density at radius 1 is 1.55 bits per heavy atom. The molecule has 0 spiro atoms. The third-order valence-corrected chi connectivity index (χ3v) is 4.16. The normalized spacial score (nSPS) is 20.3. The molecule has 0 amide bonds. The maximum atomic E-state index is 14.1. The molecule has 1 aliphatic rings. The van der Waals surface area contributed by atoms with Crippen LogP contribution in [0.5, 0.6) is 0 Å². The first-order valence-corrected chi connectivity index (χ1v) is 7.80. The number of rotatable bonds is 3. The van der Waals surface area contributed by atoms with Crippen molar-refractivity contribution in [2.24, 2.45) is 10.7 Å². The second-order valence-corrected chi connectivity index (χ2v) is 6.69. The number of benzene rings is 1. The summed E-state index contributed by atoms with van der Waals surface area (Å²) >= 11 is 6.15. The fourth-order valence-corrected chi connectivity index (χ4v) is 3.05. The van der Waals surface area contributed by atoms with E-state index in [1.165, 1.54) is 6.07 Å². The molecule has 1 atom stereocenters. The molecule has 0 radical (unpaired) electrons. The van der Waals surface area contributed by atoms with Crippen LogP contribution in [0.25, 0.3) is 0 Å². The van der Waals surface area contributed by atoms with E-state index in [9.17, 15) is 4.39 Å². The molecule has 1 aromatic carbocycles. The lowest BCUT2D eigenvalue weighted by Crippen LogP contribution is -2.48. The summed E-state index contributed by atoms with van der Waals surface area (Å²) in [5.41, 5.74) is 6.00. The molecule has 1 fully saturated rings. The Hall–Kier alpha value is -1.33. The highest BCUT2D eigenvalue weighted by molar-refractivity contribution is 6.31. The Labute approximate surface area is 136 Å². The van der Waals surface area contributed by atoms with Gasteiger partial charge in [0.1, 0.15) is 5.82 Å². The molecule has 22 heavy (non-hydrogen) atoms. The molecule has 1 aromatic rings. The van der Waals surface area contributed by atoms with Gasteiger partial charge in [-0.15, -0.1) is 0 Å². The van der Waals surface area contributed by atoms with Crippen LogP contribution in [0.4, 0.5) is 4.39 Å². The number of morpholine rings is 1. The summed E-state index contributed by atoms with van der Waals surface area (Å²) in [5, 5.41) is 0.416. The van der Waals surface area contributed by atoms with Gasteiger partial charge in [-0.05, 0) is 19.1 Å². The van der Waals surface area contributed by atoms with Crippen LogP contribution in [0.3, 0.4) is 0 Å². The smallest absolute Gasteiger partial charge is 0.191 e. The number of nitrogens with zero attached hydrogens (tertiary/aromatic N) is 2. The lowest BCUT2D eigenvalue weighted by Gasteiger charge is -2.32. The van der Waals surface area contributed by atoms with E-state index in [2.05, 4.69) is 4.99 Å². The van der Waals surface area contributed by atoms with Crippen LogP contribution < -0.4 is 5.73 Å². The molecule has 1 heterocycles. The maximum Gasteiger partial charge on any atom is 0.191 e. The molecule has 0 bridgehead atoms. The summed E-state index contributed by atoms with van der Waals surface area (Å²) in [6.07, 6.45) is 0.136. The summed E-state index contributed by atoms with van der Waals surface area (Å²) < 4.78 is 19.6. The molecule has 6 heteroatoms. The van der Waals surface area contributed by atoms with Crippen LogP contribution in [0, 0.1) is 5.82 Å². The van der Waals surface area contributed by atoms with Crippen LogP contribution in [-0.4, -0.2) is 43.2 Å². The molecular formula is C16H23ClFN3O. The predicted molar refractivity (Wildman–Crippen MR) is 87.9 cm³/mol. The number of aliphatic imine (C=N–C) groups is 1. The van der Waals surface area contributed by atoms with Gasteiger partial charge in [-0.3, -0.25) is 4.99 Å². The monoisotopic (exact) mass is 327 g/mol. The molecule has 2 rings (SSSR count). The molecular weight excluding hydrogens is 305 g/mol. The van der Waals surface area contributed by atoms with Crippen LogP contribution in [0.15, 0.2) is 23.2 Å². The minimum atomic E-state index is -0.537. The van der Waals surface area contributed by atoms with Crippen molar-refractivity contribution < 1.29 is 9.13 Å². The number of ether oxygens (including phenoxy) is 1. The number of hydrogen-bond acceptors (Lipinski definition) is 2. The van der Waals surface area contributed by atoms with E-state index in [1.54, 1.807) is 12.1 Å². The highest BCUT2D eigenvalue weighted by Crippen LogP contribution is 2.32. The number of halogens is 2. The fraction of sp³-hybridized carbons (Fsp3) is 0.562. The van der Waals surface area contributed by atoms with E-state index in [4.69, 9.17) is 22.1 Å². The van der Waals surface area contributed by atoms with Gasteiger partial charge >= 0.3 is 0 Å². The van der Waals surface area contributed by atoms with E-state index >= 15 is 0 Å². The third-order valence-electron chi connectivity index (χ3n) is 3.84. The quantitative estimate of drug-likeness (QED) is 0.686. The molecule has 1 unspecified atom stereocenters. The van der Waals surface area contributed by atoms with Crippen molar-refractivity contribution >= 4 is 17.6 Å². The highest BCUT2D eigenvalue weighted by atomic mass is 35.5. The predicted octanol–water partition coefficient (Wildman–Crippen LogP) is 2.79. The van der Waals surface area contributed by atoms with Crippen molar-refractivity contribution in [3.8, 4) is 0 Å². The zero-order chi connectivity index (χ0) is 16.3. The summed E-state index contributed by atoms with van der Waals surface area (Å²) in [6.45, 7) is 8.27. The lowest BCUT2D eigenvalue weighted by molar-refractivity contribution is 0.00527. The van der Waals surface area contributed by atoms with E-state index in [1.807, 2.05) is 25.7 Å². The topological polar surface area (TPSA) is 50.8 Å². The lowest BCUT2D eigenvalue weighted by atomic mass is 9.84. The van der Waals surface area contributed by atoms with Crippen molar-refractivity contribution in [1.29, 1.82) is 0 Å². The van der Waals surface area contributed by atoms with Gasteiger partial charge in [0.2, 0.25) is 0 Å².